The van der Waals surface area contributed by atoms with Crippen LogP contribution in [0.4, 0.5) is 18.9 Å². The van der Waals surface area contributed by atoms with Crippen LogP contribution in [-0.2, 0) is 10.3 Å². The average Bonchev–Trinajstić information content (AvgIpc) is 2.67. The molecule has 32 heavy (non-hydrogen) atoms. The van der Waals surface area contributed by atoms with Gasteiger partial charge in [-0.25, -0.2) is 14.4 Å². The molecule has 2 heterocycles. The van der Waals surface area contributed by atoms with Gasteiger partial charge in [0.05, 0.1) is 10.6 Å². The van der Waals surface area contributed by atoms with Gasteiger partial charge in [-0.3, -0.25) is 4.79 Å². The third-order valence-electron chi connectivity index (χ3n) is 5.00. The first-order chi connectivity index (χ1) is 14.3. The van der Waals surface area contributed by atoms with Gasteiger partial charge in [-0.15, -0.1) is 12.4 Å². The summed E-state index contributed by atoms with van der Waals surface area (Å²) in [5, 5.41) is 11.2. The number of nitrogens with one attached hydrogen (secondary N) is 1. The minimum Gasteiger partial charge on any atom is -0.453 e. The second-order valence-corrected chi connectivity index (χ2v) is 7.93. The number of carbonyl (C=O) groups is 1. The lowest BCUT2D eigenvalue weighted by Gasteiger charge is -2.46. The maximum Gasteiger partial charge on any atom is 0.315 e. The van der Waals surface area contributed by atoms with Crippen LogP contribution in [0, 0.1) is 17.1 Å². The molecule has 1 aromatic heterocycles. The molecule has 0 radical (unpaired) electrons. The van der Waals surface area contributed by atoms with E-state index in [0.717, 1.165) is 39.1 Å². The zero-order chi connectivity index (χ0) is 23.2. The number of nitrogens with two attached hydrogens (primary N) is 1. The van der Waals surface area contributed by atoms with Crippen LogP contribution in [0.5, 0.6) is 0 Å². The molecule has 7 nitrogen and oxygen atoms in total. The first-order valence-corrected chi connectivity index (χ1v) is 9.29. The topological polar surface area (TPSA) is 113 Å². The molecule has 1 amide bonds. The fourth-order valence-corrected chi connectivity index (χ4v) is 3.54. The molecular weight excluding hydrogens is 470 g/mol. The molecule has 0 unspecified atom stereocenters. The predicted molar refractivity (Wildman–Crippen MR) is 115 cm³/mol. The van der Waals surface area contributed by atoms with Crippen LogP contribution in [0.15, 0.2) is 35.5 Å². The summed E-state index contributed by atoms with van der Waals surface area (Å²) in [4.78, 5) is 20.1. The van der Waals surface area contributed by atoms with E-state index in [0.29, 0.717) is 0 Å². The van der Waals surface area contributed by atoms with Crippen LogP contribution < -0.4 is 11.1 Å². The van der Waals surface area contributed by atoms with Gasteiger partial charge in [0.2, 0.25) is 0 Å². The highest BCUT2D eigenvalue weighted by atomic mass is 35.5. The van der Waals surface area contributed by atoms with E-state index in [2.05, 4.69) is 15.3 Å². The summed E-state index contributed by atoms with van der Waals surface area (Å²) >= 11 is 5.98. The molecule has 12 heteroatoms. The van der Waals surface area contributed by atoms with Crippen LogP contribution in [0.2, 0.25) is 5.02 Å². The number of alkyl halides is 2. The van der Waals surface area contributed by atoms with Crippen molar-refractivity contribution < 1.29 is 22.7 Å². The number of nitriles is 1. The molecule has 3 rings (SSSR count). The Labute approximate surface area is 192 Å². The standard InChI is InChI=1S/C20H17ClF3N5O2.ClH/c1-18(2)20(23,24)19(3,29-17(26)31-18)12-7-11(4-5-14(12)22)28-16(30)15-13(21)6-10(8-25)9-27-15;/h4-7,9H,1-3H3,(H2,26,29)(H,28,30);1H/t19-;/m1./s1. The van der Waals surface area contributed by atoms with Gasteiger partial charge in [-0.2, -0.15) is 14.0 Å². The van der Waals surface area contributed by atoms with Crippen LogP contribution in [-0.4, -0.2) is 28.4 Å². The summed E-state index contributed by atoms with van der Waals surface area (Å²) in [6.07, 6.45) is 1.15. The van der Waals surface area contributed by atoms with Gasteiger partial charge >= 0.3 is 5.92 Å². The largest absolute Gasteiger partial charge is 0.453 e. The Morgan fingerprint density at radius 3 is 2.53 bits per heavy atom. The predicted octanol–water partition coefficient (Wildman–Crippen LogP) is 4.39. The van der Waals surface area contributed by atoms with Crippen molar-refractivity contribution in [1.82, 2.24) is 4.98 Å². The third kappa shape index (κ3) is 4.06. The number of amides is 1. The maximum atomic E-state index is 15.3. The van der Waals surface area contributed by atoms with E-state index >= 15 is 8.78 Å². The van der Waals surface area contributed by atoms with E-state index in [4.69, 9.17) is 27.3 Å². The third-order valence-corrected chi connectivity index (χ3v) is 5.28. The Kier molecular flexibility index (Phi) is 6.69. The summed E-state index contributed by atoms with van der Waals surface area (Å²) in [6.45, 7) is 3.27. The Bertz CT molecular complexity index is 1150. The van der Waals surface area contributed by atoms with Crippen LogP contribution in [0.1, 0.15) is 42.4 Å². The number of nitrogens with zero attached hydrogens (tertiary/aromatic N) is 3. The lowest BCUT2D eigenvalue weighted by molar-refractivity contribution is -0.207. The highest BCUT2D eigenvalue weighted by Crippen LogP contribution is 2.51. The van der Waals surface area contributed by atoms with Crippen molar-refractivity contribution in [1.29, 1.82) is 5.26 Å². The maximum absolute atomic E-state index is 15.3. The number of carbonyl (C=O) groups excluding carboxylic acids is 1. The Hall–Kier alpha value is -3.03. The number of ether oxygens (including phenoxy) is 1. The lowest BCUT2D eigenvalue weighted by Crippen LogP contribution is -2.62. The molecule has 0 saturated heterocycles. The van der Waals surface area contributed by atoms with Crippen LogP contribution in [0.3, 0.4) is 0 Å². The molecule has 1 aliphatic rings. The minimum atomic E-state index is -3.66. The van der Waals surface area contributed by atoms with Gasteiger partial charge in [0.15, 0.2) is 11.1 Å². The van der Waals surface area contributed by atoms with E-state index in [1.807, 2.05) is 6.07 Å². The number of anilines is 1. The van der Waals surface area contributed by atoms with Crippen molar-refractivity contribution in [3.8, 4) is 6.07 Å². The molecule has 170 valence electrons. The van der Waals surface area contributed by atoms with E-state index in [1.165, 1.54) is 12.1 Å². The highest BCUT2D eigenvalue weighted by molar-refractivity contribution is 6.34. The van der Waals surface area contributed by atoms with Gasteiger partial charge in [0.25, 0.3) is 11.9 Å². The molecule has 3 N–H and O–H groups in total. The van der Waals surface area contributed by atoms with Crippen molar-refractivity contribution in [2.75, 3.05) is 5.32 Å². The molecule has 0 saturated carbocycles. The lowest BCUT2D eigenvalue weighted by atomic mass is 9.77. The average molecular weight is 488 g/mol. The summed E-state index contributed by atoms with van der Waals surface area (Å²) < 4.78 is 50.2. The quantitative estimate of drug-likeness (QED) is 0.665. The molecule has 1 atom stereocenters. The number of pyridine rings is 1. The molecule has 1 aromatic carbocycles. The molecule has 2 aromatic rings. The van der Waals surface area contributed by atoms with Gasteiger partial charge in [-0.05, 0) is 45.0 Å². The molecule has 0 fully saturated rings. The highest BCUT2D eigenvalue weighted by Gasteiger charge is 2.66. The summed E-state index contributed by atoms with van der Waals surface area (Å²) in [5.74, 6) is -5.41. The van der Waals surface area contributed by atoms with E-state index in [1.54, 1.807) is 0 Å². The SMILES string of the molecule is CC1(C)OC(N)=N[C@](C)(c2cc(NC(=O)c3ncc(C#N)cc3Cl)ccc2F)C1(F)F.Cl. The molecule has 0 aliphatic carbocycles. The summed E-state index contributed by atoms with van der Waals surface area (Å²) in [7, 11) is 0. The number of amidine groups is 1. The van der Waals surface area contributed by atoms with Crippen LogP contribution in [0.25, 0.3) is 0 Å². The number of hydrogen-bond acceptors (Lipinski definition) is 6. The second kappa shape index (κ2) is 8.48. The molecular formula is C20H18Cl2F3N5O2. The van der Waals surface area contributed by atoms with Gasteiger partial charge < -0.3 is 15.8 Å². The van der Waals surface area contributed by atoms with Crippen molar-refractivity contribution in [3.63, 3.8) is 0 Å². The van der Waals surface area contributed by atoms with Gasteiger partial charge in [0.1, 0.15) is 17.6 Å². The number of halogens is 5. The first-order valence-electron chi connectivity index (χ1n) is 8.91. The van der Waals surface area contributed by atoms with E-state index in [9.17, 15) is 9.18 Å². The van der Waals surface area contributed by atoms with Crippen molar-refractivity contribution in [2.24, 2.45) is 10.7 Å². The number of benzene rings is 1. The summed E-state index contributed by atoms with van der Waals surface area (Å²) in [5.41, 5.74) is 0.568. The zero-order valence-corrected chi connectivity index (χ0v) is 18.6. The normalized spacial score (nSPS) is 20.8. The van der Waals surface area contributed by atoms with Crippen molar-refractivity contribution in [2.45, 2.75) is 37.8 Å². The van der Waals surface area contributed by atoms with Crippen molar-refractivity contribution in [3.05, 3.63) is 58.1 Å². The monoisotopic (exact) mass is 487 g/mol. The first kappa shape index (κ1) is 25.2. The fraction of sp³-hybridized carbons (Fsp3) is 0.300. The van der Waals surface area contributed by atoms with Gasteiger partial charge in [0, 0.05) is 17.4 Å². The van der Waals surface area contributed by atoms with Crippen molar-refractivity contribution >= 4 is 41.6 Å². The Morgan fingerprint density at radius 2 is 1.94 bits per heavy atom. The number of rotatable bonds is 3. The Balaban J connectivity index is 0.00000363. The number of hydrogen-bond donors (Lipinski definition) is 2. The minimum absolute atomic E-state index is 0. The smallest absolute Gasteiger partial charge is 0.315 e. The fourth-order valence-electron chi connectivity index (χ4n) is 3.29. The molecule has 0 bridgehead atoms. The van der Waals surface area contributed by atoms with Crippen LogP contribution >= 0.6 is 24.0 Å². The number of aromatic nitrogens is 1. The van der Waals surface area contributed by atoms with E-state index in [-0.39, 0.29) is 34.4 Å². The summed E-state index contributed by atoms with van der Waals surface area (Å²) in [6, 6.07) is 5.72. The van der Waals surface area contributed by atoms with E-state index < -0.39 is 40.4 Å². The molecule has 0 spiro atoms. The van der Waals surface area contributed by atoms with Gasteiger partial charge in [-0.1, -0.05) is 11.6 Å². The second-order valence-electron chi connectivity index (χ2n) is 7.52. The molecule has 1 aliphatic heterocycles. The number of aliphatic imine (C=N–C) groups is 1. The zero-order valence-electron chi connectivity index (χ0n) is 17.0. The Morgan fingerprint density at radius 1 is 1.28 bits per heavy atom.